The molecule has 1 atom stereocenters. The minimum atomic E-state index is -0.478. The van der Waals surface area contributed by atoms with Crippen molar-refractivity contribution < 1.29 is 5.11 Å². The molecule has 96 valence electrons. The molecule has 1 aliphatic rings. The van der Waals surface area contributed by atoms with Gasteiger partial charge in [0, 0.05) is 30.8 Å². The van der Waals surface area contributed by atoms with E-state index in [9.17, 15) is 5.11 Å². The van der Waals surface area contributed by atoms with Crippen LogP contribution in [0.5, 0.6) is 0 Å². The molecule has 0 aliphatic heterocycles. The zero-order valence-electron chi connectivity index (χ0n) is 10.8. The zero-order chi connectivity index (χ0) is 12.5. The minimum absolute atomic E-state index is 0.143. The van der Waals surface area contributed by atoms with Crippen molar-refractivity contribution in [2.75, 3.05) is 6.54 Å². The molecule has 4 nitrogen and oxygen atoms in total. The van der Waals surface area contributed by atoms with Gasteiger partial charge >= 0.3 is 0 Å². The second kappa shape index (κ2) is 4.78. The highest BCUT2D eigenvalue weighted by atomic mass is 16.3. The number of hydrogen-bond acceptors (Lipinski definition) is 3. The molecule has 1 fully saturated rings. The van der Waals surface area contributed by atoms with E-state index >= 15 is 0 Å². The lowest BCUT2D eigenvalue weighted by Crippen LogP contribution is -2.39. The largest absolute Gasteiger partial charge is 0.388 e. The zero-order valence-corrected chi connectivity index (χ0v) is 10.8. The van der Waals surface area contributed by atoms with Crippen molar-refractivity contribution in [3.63, 3.8) is 0 Å². The summed E-state index contributed by atoms with van der Waals surface area (Å²) in [4.78, 5) is 0. The molecule has 1 heterocycles. The maximum absolute atomic E-state index is 10.6. The Morgan fingerprint density at radius 1 is 1.59 bits per heavy atom. The number of aromatic nitrogens is 2. The molecule has 1 aliphatic carbocycles. The molecule has 0 radical (unpaired) electrons. The first kappa shape index (κ1) is 12.6. The quantitative estimate of drug-likeness (QED) is 0.839. The summed E-state index contributed by atoms with van der Waals surface area (Å²) in [5.74, 6) is 0.760. The highest BCUT2D eigenvalue weighted by Crippen LogP contribution is 2.46. The normalized spacial score (nSPS) is 31.4. The fourth-order valence-corrected chi connectivity index (χ4v) is 2.86. The Kier molecular flexibility index (Phi) is 3.54. The molecule has 1 saturated carbocycles. The van der Waals surface area contributed by atoms with Crippen molar-refractivity contribution in [2.45, 2.75) is 38.7 Å². The summed E-state index contributed by atoms with van der Waals surface area (Å²) in [7, 11) is 1.87. The van der Waals surface area contributed by atoms with Crippen LogP contribution in [0.15, 0.2) is 12.4 Å². The first-order valence-electron chi connectivity index (χ1n) is 6.44. The Labute approximate surface area is 103 Å². The molecular formula is C13H23N3O. The fourth-order valence-electron chi connectivity index (χ4n) is 2.86. The Morgan fingerprint density at radius 2 is 2.24 bits per heavy atom. The molecule has 3 N–H and O–H groups in total. The van der Waals surface area contributed by atoms with Crippen LogP contribution in [0.4, 0.5) is 0 Å². The van der Waals surface area contributed by atoms with Gasteiger partial charge in [0.15, 0.2) is 0 Å². The Bertz CT molecular complexity index is 366. The van der Waals surface area contributed by atoms with Gasteiger partial charge in [0.1, 0.15) is 0 Å². The maximum atomic E-state index is 10.6. The first-order valence-corrected chi connectivity index (χ1v) is 6.44. The molecule has 1 aromatic heterocycles. The van der Waals surface area contributed by atoms with Gasteiger partial charge in [0.2, 0.25) is 0 Å². The van der Waals surface area contributed by atoms with E-state index in [2.05, 4.69) is 12.0 Å². The molecule has 0 amide bonds. The van der Waals surface area contributed by atoms with Crippen molar-refractivity contribution in [3.05, 3.63) is 18.0 Å². The van der Waals surface area contributed by atoms with Crippen molar-refractivity contribution in [1.29, 1.82) is 0 Å². The highest BCUT2D eigenvalue weighted by molar-refractivity contribution is 5.13. The predicted octanol–water partition coefficient (Wildman–Crippen LogP) is 1.61. The number of nitrogens with two attached hydrogens (primary N) is 1. The predicted molar refractivity (Wildman–Crippen MR) is 67.3 cm³/mol. The summed E-state index contributed by atoms with van der Waals surface area (Å²) in [6.07, 6.45) is 7.51. The summed E-state index contributed by atoms with van der Waals surface area (Å²) in [6.45, 7) is 2.83. The van der Waals surface area contributed by atoms with E-state index in [0.717, 1.165) is 37.2 Å². The lowest BCUT2D eigenvalue weighted by molar-refractivity contribution is -0.00822. The summed E-state index contributed by atoms with van der Waals surface area (Å²) in [5.41, 5.74) is 6.69. The molecular weight excluding hydrogens is 214 g/mol. The van der Waals surface area contributed by atoms with E-state index in [4.69, 9.17) is 5.73 Å². The lowest BCUT2D eigenvalue weighted by atomic mass is 9.66. The van der Waals surface area contributed by atoms with E-state index in [-0.39, 0.29) is 5.41 Å². The van der Waals surface area contributed by atoms with E-state index in [1.54, 1.807) is 10.9 Å². The van der Waals surface area contributed by atoms with Crippen molar-refractivity contribution in [2.24, 2.45) is 24.1 Å². The Balaban J connectivity index is 2.17. The van der Waals surface area contributed by atoms with Crippen LogP contribution in [-0.2, 0) is 7.05 Å². The van der Waals surface area contributed by atoms with Gasteiger partial charge in [-0.25, -0.2) is 0 Å². The van der Waals surface area contributed by atoms with Gasteiger partial charge in [-0.05, 0) is 18.8 Å². The average Bonchev–Trinajstić information content (AvgIpc) is 2.76. The Morgan fingerprint density at radius 3 is 2.71 bits per heavy atom. The van der Waals surface area contributed by atoms with Gasteiger partial charge in [-0.1, -0.05) is 19.8 Å². The third kappa shape index (κ3) is 2.38. The van der Waals surface area contributed by atoms with E-state index in [1.807, 2.05) is 13.2 Å². The SMILES string of the molecule is CC1CCC(CN)(C(O)c2cnn(C)c2)CC1. The maximum Gasteiger partial charge on any atom is 0.0888 e. The third-order valence-electron chi connectivity index (χ3n) is 4.30. The molecule has 1 aromatic rings. The van der Waals surface area contributed by atoms with Crippen LogP contribution in [0.2, 0.25) is 0 Å². The second-order valence-corrected chi connectivity index (χ2v) is 5.60. The van der Waals surface area contributed by atoms with Crippen molar-refractivity contribution >= 4 is 0 Å². The van der Waals surface area contributed by atoms with Crippen molar-refractivity contribution in [1.82, 2.24) is 9.78 Å². The molecule has 0 bridgehead atoms. The monoisotopic (exact) mass is 237 g/mol. The topological polar surface area (TPSA) is 64.1 Å². The third-order valence-corrected chi connectivity index (χ3v) is 4.30. The van der Waals surface area contributed by atoms with Crippen LogP contribution in [0.3, 0.4) is 0 Å². The first-order chi connectivity index (χ1) is 8.07. The average molecular weight is 237 g/mol. The van der Waals surface area contributed by atoms with Gasteiger partial charge < -0.3 is 10.8 Å². The van der Waals surface area contributed by atoms with Crippen LogP contribution >= 0.6 is 0 Å². The van der Waals surface area contributed by atoms with Gasteiger partial charge in [0.25, 0.3) is 0 Å². The smallest absolute Gasteiger partial charge is 0.0888 e. The van der Waals surface area contributed by atoms with Gasteiger partial charge in [-0.3, -0.25) is 4.68 Å². The molecule has 0 aromatic carbocycles. The molecule has 4 heteroatoms. The summed E-state index contributed by atoms with van der Waals surface area (Å²) >= 11 is 0. The molecule has 1 unspecified atom stereocenters. The standard InChI is InChI=1S/C13H23N3O/c1-10-3-5-13(9-14,6-4-10)12(17)11-7-15-16(2)8-11/h7-8,10,12,17H,3-6,9,14H2,1-2H3. The number of aryl methyl sites for hydroxylation is 1. The van der Waals surface area contributed by atoms with Crippen LogP contribution in [-0.4, -0.2) is 21.4 Å². The molecule has 0 spiro atoms. The van der Waals surface area contributed by atoms with E-state index in [0.29, 0.717) is 6.54 Å². The number of aliphatic hydroxyl groups is 1. The van der Waals surface area contributed by atoms with Gasteiger partial charge in [-0.15, -0.1) is 0 Å². The van der Waals surface area contributed by atoms with Crippen molar-refractivity contribution in [3.8, 4) is 0 Å². The molecule has 2 rings (SSSR count). The number of nitrogens with zero attached hydrogens (tertiary/aromatic N) is 2. The number of rotatable bonds is 3. The number of aliphatic hydroxyl groups excluding tert-OH is 1. The summed E-state index contributed by atoms with van der Waals surface area (Å²) in [6, 6.07) is 0. The van der Waals surface area contributed by atoms with Crippen LogP contribution < -0.4 is 5.73 Å². The van der Waals surface area contributed by atoms with Gasteiger partial charge in [0.05, 0.1) is 12.3 Å². The number of hydrogen-bond donors (Lipinski definition) is 2. The van der Waals surface area contributed by atoms with E-state index in [1.165, 1.54) is 0 Å². The molecule has 17 heavy (non-hydrogen) atoms. The summed E-state index contributed by atoms with van der Waals surface area (Å²) in [5, 5.41) is 14.7. The van der Waals surface area contributed by atoms with Crippen LogP contribution in [0, 0.1) is 11.3 Å². The fraction of sp³-hybridized carbons (Fsp3) is 0.769. The second-order valence-electron chi connectivity index (χ2n) is 5.60. The van der Waals surface area contributed by atoms with Gasteiger partial charge in [-0.2, -0.15) is 5.10 Å². The van der Waals surface area contributed by atoms with E-state index < -0.39 is 6.10 Å². The molecule has 0 saturated heterocycles. The minimum Gasteiger partial charge on any atom is -0.388 e. The summed E-state index contributed by atoms with van der Waals surface area (Å²) < 4.78 is 1.73. The van der Waals surface area contributed by atoms with Crippen LogP contribution in [0.1, 0.15) is 44.3 Å². The highest BCUT2D eigenvalue weighted by Gasteiger charge is 2.40. The van der Waals surface area contributed by atoms with Crippen LogP contribution in [0.25, 0.3) is 0 Å². The Hall–Kier alpha value is -0.870. The lowest BCUT2D eigenvalue weighted by Gasteiger charge is -2.41.